The van der Waals surface area contributed by atoms with E-state index in [-0.39, 0.29) is 24.0 Å². The van der Waals surface area contributed by atoms with Gasteiger partial charge in [-0.25, -0.2) is 0 Å². The number of halogens is 2. The van der Waals surface area contributed by atoms with Gasteiger partial charge >= 0.3 is 0 Å². The molecule has 1 aromatic carbocycles. The molecule has 24 heavy (non-hydrogen) atoms. The third-order valence-corrected chi connectivity index (χ3v) is 5.20. The highest BCUT2D eigenvalue weighted by molar-refractivity contribution is 14.0. The van der Waals surface area contributed by atoms with Crippen molar-refractivity contribution >= 4 is 51.6 Å². The Kier molecular flexibility index (Phi) is 8.09. The molecule has 0 saturated carbocycles. The molecule has 0 radical (unpaired) electrons. The summed E-state index contributed by atoms with van der Waals surface area (Å²) < 4.78 is 6.58. The summed E-state index contributed by atoms with van der Waals surface area (Å²) in [5.74, 6) is 1.50. The fourth-order valence-corrected chi connectivity index (χ4v) is 3.71. The van der Waals surface area contributed by atoms with Crippen LogP contribution in [0.15, 0.2) is 33.7 Å². The van der Waals surface area contributed by atoms with Crippen LogP contribution >= 0.6 is 39.9 Å². The number of anilines is 1. The third-order valence-electron chi connectivity index (χ3n) is 4.53. The average Bonchev–Trinajstić information content (AvgIpc) is 3.23. The van der Waals surface area contributed by atoms with E-state index in [1.54, 1.807) is 0 Å². The van der Waals surface area contributed by atoms with Gasteiger partial charge in [-0.2, -0.15) is 0 Å². The largest absolute Gasteiger partial charge is 0.381 e. The van der Waals surface area contributed by atoms with Gasteiger partial charge in [-0.1, -0.05) is 12.1 Å². The Bertz CT molecular complexity index is 551. The standard InChI is InChI=1S/C17H25BrN4O.HI/c1-19-17(20-10-13-7-9-23-12-13)21-14-6-8-22(11-14)16-5-3-2-4-15(16)18;/h2-5,13-14H,6-12H2,1H3,(H2,19,20,21);1H. The van der Waals surface area contributed by atoms with Crippen LogP contribution in [0, 0.1) is 5.92 Å². The molecule has 1 aromatic rings. The van der Waals surface area contributed by atoms with E-state index in [0.29, 0.717) is 12.0 Å². The van der Waals surface area contributed by atoms with Crippen molar-refractivity contribution in [3.63, 3.8) is 0 Å². The number of para-hydroxylation sites is 1. The monoisotopic (exact) mass is 508 g/mol. The van der Waals surface area contributed by atoms with Crippen molar-refractivity contribution in [3.05, 3.63) is 28.7 Å². The molecule has 2 aliphatic heterocycles. The summed E-state index contributed by atoms with van der Waals surface area (Å²) in [7, 11) is 1.83. The molecule has 0 bridgehead atoms. The Morgan fingerprint density at radius 2 is 2.21 bits per heavy atom. The van der Waals surface area contributed by atoms with Crippen LogP contribution in [0.25, 0.3) is 0 Å². The number of guanidine groups is 1. The Balaban J connectivity index is 0.00000208. The lowest BCUT2D eigenvalue weighted by Crippen LogP contribution is -2.46. The highest BCUT2D eigenvalue weighted by Crippen LogP contribution is 2.28. The highest BCUT2D eigenvalue weighted by atomic mass is 127. The first kappa shape index (κ1) is 19.8. The van der Waals surface area contributed by atoms with Crippen molar-refractivity contribution in [3.8, 4) is 0 Å². The maximum absolute atomic E-state index is 5.42. The van der Waals surface area contributed by atoms with Crippen LogP contribution in [0.4, 0.5) is 5.69 Å². The van der Waals surface area contributed by atoms with Gasteiger partial charge in [-0.3, -0.25) is 4.99 Å². The minimum absolute atomic E-state index is 0. The maximum atomic E-state index is 5.42. The fraction of sp³-hybridized carbons (Fsp3) is 0.588. The lowest BCUT2D eigenvalue weighted by molar-refractivity contribution is 0.186. The number of nitrogens with one attached hydrogen (secondary N) is 2. The number of aliphatic imine (C=N–C) groups is 1. The van der Waals surface area contributed by atoms with E-state index in [1.165, 1.54) is 5.69 Å². The fourth-order valence-electron chi connectivity index (χ4n) is 3.18. The van der Waals surface area contributed by atoms with E-state index < -0.39 is 0 Å². The number of hydrogen-bond acceptors (Lipinski definition) is 3. The summed E-state index contributed by atoms with van der Waals surface area (Å²) in [6, 6.07) is 8.83. The molecule has 7 heteroatoms. The van der Waals surface area contributed by atoms with Crippen molar-refractivity contribution in [2.45, 2.75) is 18.9 Å². The minimum Gasteiger partial charge on any atom is -0.381 e. The smallest absolute Gasteiger partial charge is 0.191 e. The molecular formula is C17H26BrIN4O. The number of hydrogen-bond donors (Lipinski definition) is 2. The predicted octanol–water partition coefficient (Wildman–Crippen LogP) is 2.85. The summed E-state index contributed by atoms with van der Waals surface area (Å²) in [6.45, 7) is 4.75. The van der Waals surface area contributed by atoms with E-state index in [4.69, 9.17) is 4.74 Å². The zero-order valence-corrected chi connectivity index (χ0v) is 17.9. The normalized spacial score (nSPS) is 23.9. The van der Waals surface area contributed by atoms with Crippen LogP contribution in [0.2, 0.25) is 0 Å². The van der Waals surface area contributed by atoms with E-state index in [2.05, 4.69) is 60.7 Å². The van der Waals surface area contributed by atoms with Crippen LogP contribution in [-0.2, 0) is 4.74 Å². The zero-order chi connectivity index (χ0) is 16.1. The second kappa shape index (κ2) is 9.82. The molecule has 0 spiro atoms. The summed E-state index contributed by atoms with van der Waals surface area (Å²) in [6.07, 6.45) is 2.26. The lowest BCUT2D eigenvalue weighted by Gasteiger charge is -2.22. The van der Waals surface area contributed by atoms with Crippen molar-refractivity contribution in [2.24, 2.45) is 10.9 Å². The molecule has 2 unspecified atom stereocenters. The molecule has 5 nitrogen and oxygen atoms in total. The molecule has 0 amide bonds. The van der Waals surface area contributed by atoms with Gasteiger partial charge in [0.25, 0.3) is 0 Å². The molecule has 134 valence electrons. The predicted molar refractivity (Wildman–Crippen MR) is 114 cm³/mol. The number of rotatable bonds is 4. The Morgan fingerprint density at radius 3 is 2.92 bits per heavy atom. The summed E-state index contributed by atoms with van der Waals surface area (Å²) >= 11 is 3.64. The molecule has 2 atom stereocenters. The molecule has 0 aliphatic carbocycles. The molecule has 2 aliphatic rings. The van der Waals surface area contributed by atoms with Gasteiger partial charge in [0, 0.05) is 49.7 Å². The van der Waals surface area contributed by atoms with Crippen LogP contribution < -0.4 is 15.5 Å². The Morgan fingerprint density at radius 1 is 1.38 bits per heavy atom. The van der Waals surface area contributed by atoms with E-state index >= 15 is 0 Å². The van der Waals surface area contributed by atoms with E-state index in [0.717, 1.165) is 56.1 Å². The molecule has 2 fully saturated rings. The van der Waals surface area contributed by atoms with Crippen LogP contribution in [-0.4, -0.2) is 51.9 Å². The quantitative estimate of drug-likeness (QED) is 0.373. The molecule has 0 aromatic heterocycles. The van der Waals surface area contributed by atoms with Crippen molar-refractivity contribution in [1.29, 1.82) is 0 Å². The van der Waals surface area contributed by atoms with Crippen LogP contribution in [0.3, 0.4) is 0 Å². The minimum atomic E-state index is 0. The first-order chi connectivity index (χ1) is 11.3. The first-order valence-electron chi connectivity index (χ1n) is 8.30. The molecule has 2 heterocycles. The van der Waals surface area contributed by atoms with Gasteiger partial charge in [-0.15, -0.1) is 24.0 Å². The van der Waals surface area contributed by atoms with Crippen LogP contribution in [0.5, 0.6) is 0 Å². The first-order valence-corrected chi connectivity index (χ1v) is 9.10. The zero-order valence-electron chi connectivity index (χ0n) is 14.0. The van der Waals surface area contributed by atoms with Crippen LogP contribution in [0.1, 0.15) is 12.8 Å². The maximum Gasteiger partial charge on any atom is 0.191 e. The molecule has 2 saturated heterocycles. The Labute approximate surface area is 169 Å². The second-order valence-corrected chi connectivity index (χ2v) is 7.06. The van der Waals surface area contributed by atoms with Gasteiger partial charge < -0.3 is 20.3 Å². The van der Waals surface area contributed by atoms with Gasteiger partial charge in [0.2, 0.25) is 0 Å². The molecule has 3 rings (SSSR count). The van der Waals surface area contributed by atoms with Crippen molar-refractivity contribution in [1.82, 2.24) is 10.6 Å². The van der Waals surface area contributed by atoms with Gasteiger partial charge in [0.1, 0.15) is 0 Å². The van der Waals surface area contributed by atoms with Gasteiger partial charge in [-0.05, 0) is 40.9 Å². The average molecular weight is 509 g/mol. The second-order valence-electron chi connectivity index (χ2n) is 6.21. The van der Waals surface area contributed by atoms with Crippen molar-refractivity contribution < 1.29 is 4.74 Å². The summed E-state index contributed by atoms with van der Waals surface area (Å²) in [5, 5.41) is 6.99. The number of benzene rings is 1. The van der Waals surface area contributed by atoms with Gasteiger partial charge in [0.15, 0.2) is 5.96 Å². The lowest BCUT2D eigenvalue weighted by atomic mass is 10.1. The number of ether oxygens (including phenoxy) is 1. The summed E-state index contributed by atoms with van der Waals surface area (Å²) in [5.41, 5.74) is 1.27. The van der Waals surface area contributed by atoms with Gasteiger partial charge in [0.05, 0.1) is 12.3 Å². The Hall–Kier alpha value is -0.540. The van der Waals surface area contributed by atoms with E-state index in [9.17, 15) is 0 Å². The SMILES string of the molecule is CN=C(NCC1CCOC1)NC1CCN(c2ccccc2Br)C1.I. The molecule has 2 N–H and O–H groups in total. The third kappa shape index (κ3) is 5.23. The highest BCUT2D eigenvalue weighted by Gasteiger charge is 2.25. The topological polar surface area (TPSA) is 48.9 Å². The van der Waals surface area contributed by atoms with Crippen molar-refractivity contribution in [2.75, 3.05) is 44.8 Å². The number of nitrogens with zero attached hydrogens (tertiary/aromatic N) is 2. The van der Waals surface area contributed by atoms with E-state index in [1.807, 2.05) is 7.05 Å². The molecular weight excluding hydrogens is 483 g/mol. The summed E-state index contributed by atoms with van der Waals surface area (Å²) in [4.78, 5) is 6.77.